The molecule has 3 aromatic carbocycles. The smallest absolute Gasteiger partial charge is 0.166 e. The lowest BCUT2D eigenvalue weighted by atomic mass is 9.76. The maximum Gasteiger partial charge on any atom is 0.166 e. The third-order valence-corrected chi connectivity index (χ3v) is 8.21. The van der Waals surface area contributed by atoms with E-state index in [1.54, 1.807) is 18.2 Å². The standard InChI is InChI=1S/C34H41F3/c1-3-5-6-8-26-14-21-30(32(35)23-26)27-15-11-25(12-16-27)13-19-29-20-22-31(34(37)33(29)36)28-17-9-24(7-4-2)10-18-28/h9-10,14,17-18,20-23,25,27H,3-8,11-13,15-16,19H2,1-2H3. The Balaban J connectivity index is 1.31. The van der Waals surface area contributed by atoms with Crippen molar-refractivity contribution in [3.63, 3.8) is 0 Å². The minimum Gasteiger partial charge on any atom is -0.207 e. The number of hydrogen-bond donors (Lipinski definition) is 0. The molecule has 0 radical (unpaired) electrons. The second-order valence-electron chi connectivity index (χ2n) is 10.9. The molecule has 0 bridgehead atoms. The number of hydrogen-bond acceptors (Lipinski definition) is 0. The van der Waals surface area contributed by atoms with Gasteiger partial charge in [-0.25, -0.2) is 13.2 Å². The fraction of sp³-hybridized carbons (Fsp3) is 0.471. The highest BCUT2D eigenvalue weighted by atomic mass is 19.2. The van der Waals surface area contributed by atoms with Crippen molar-refractivity contribution < 1.29 is 13.2 Å². The van der Waals surface area contributed by atoms with E-state index in [-0.39, 0.29) is 11.7 Å². The van der Waals surface area contributed by atoms with E-state index in [1.807, 2.05) is 30.3 Å². The van der Waals surface area contributed by atoms with Crippen LogP contribution < -0.4 is 0 Å². The van der Waals surface area contributed by atoms with Crippen LogP contribution >= 0.6 is 0 Å². The lowest BCUT2D eigenvalue weighted by molar-refractivity contribution is 0.305. The van der Waals surface area contributed by atoms with Gasteiger partial charge in [-0.2, -0.15) is 0 Å². The maximum atomic E-state index is 14.9. The van der Waals surface area contributed by atoms with Gasteiger partial charge in [0.1, 0.15) is 5.82 Å². The topological polar surface area (TPSA) is 0 Å². The average Bonchev–Trinajstić information content (AvgIpc) is 2.91. The SMILES string of the molecule is CCCCCc1ccc(C2CCC(CCc3ccc(-c4ccc(CCC)cc4)c(F)c3F)CC2)c(F)c1. The van der Waals surface area contributed by atoms with Gasteiger partial charge in [-0.05, 0) is 104 Å². The molecule has 0 atom stereocenters. The molecule has 4 rings (SSSR count). The molecule has 1 saturated carbocycles. The molecule has 1 fully saturated rings. The van der Waals surface area contributed by atoms with Crippen LogP contribution in [-0.4, -0.2) is 0 Å². The Labute approximate surface area is 221 Å². The van der Waals surface area contributed by atoms with Crippen LogP contribution in [0.3, 0.4) is 0 Å². The summed E-state index contributed by atoms with van der Waals surface area (Å²) in [6.45, 7) is 4.31. The highest BCUT2D eigenvalue weighted by molar-refractivity contribution is 5.65. The molecule has 0 amide bonds. The molecular formula is C34H41F3. The quantitative estimate of drug-likeness (QED) is 0.227. The molecule has 1 aliphatic carbocycles. The summed E-state index contributed by atoms with van der Waals surface area (Å²) in [7, 11) is 0. The molecular weight excluding hydrogens is 465 g/mol. The Morgan fingerprint density at radius 3 is 2.08 bits per heavy atom. The normalized spacial score (nSPS) is 17.8. The molecule has 0 spiro atoms. The van der Waals surface area contributed by atoms with E-state index in [2.05, 4.69) is 19.9 Å². The van der Waals surface area contributed by atoms with E-state index >= 15 is 0 Å². The van der Waals surface area contributed by atoms with Crippen LogP contribution in [0.25, 0.3) is 11.1 Å². The molecule has 0 N–H and O–H groups in total. The zero-order valence-electron chi connectivity index (χ0n) is 22.5. The van der Waals surface area contributed by atoms with Crippen molar-refractivity contribution in [2.45, 2.75) is 96.8 Å². The van der Waals surface area contributed by atoms with Gasteiger partial charge in [0.15, 0.2) is 11.6 Å². The summed E-state index contributed by atoms with van der Waals surface area (Å²) < 4.78 is 44.7. The summed E-state index contributed by atoms with van der Waals surface area (Å²) in [4.78, 5) is 0. The summed E-state index contributed by atoms with van der Waals surface area (Å²) in [5.41, 5.74) is 4.64. The van der Waals surface area contributed by atoms with Crippen LogP contribution in [-0.2, 0) is 19.3 Å². The summed E-state index contributed by atoms with van der Waals surface area (Å²) in [6.07, 6.45) is 11.8. The summed E-state index contributed by atoms with van der Waals surface area (Å²) in [5.74, 6) is -0.794. The molecule has 0 heterocycles. The van der Waals surface area contributed by atoms with Crippen LogP contribution in [0.2, 0.25) is 0 Å². The fourth-order valence-corrected chi connectivity index (χ4v) is 5.90. The molecule has 0 saturated heterocycles. The van der Waals surface area contributed by atoms with Gasteiger partial charge >= 0.3 is 0 Å². The van der Waals surface area contributed by atoms with Crippen molar-refractivity contribution in [2.75, 3.05) is 0 Å². The first-order valence-corrected chi connectivity index (χ1v) is 14.3. The lowest BCUT2D eigenvalue weighted by Crippen LogP contribution is -2.15. The Morgan fingerprint density at radius 1 is 0.676 bits per heavy atom. The highest BCUT2D eigenvalue weighted by Crippen LogP contribution is 2.39. The summed E-state index contributed by atoms with van der Waals surface area (Å²) in [6, 6.07) is 17.0. The largest absolute Gasteiger partial charge is 0.207 e. The van der Waals surface area contributed by atoms with Crippen molar-refractivity contribution in [1.29, 1.82) is 0 Å². The molecule has 0 nitrogen and oxygen atoms in total. The Hall–Kier alpha value is -2.55. The number of benzene rings is 3. The molecule has 3 heteroatoms. The summed E-state index contributed by atoms with van der Waals surface area (Å²) in [5, 5.41) is 0. The van der Waals surface area contributed by atoms with Crippen LogP contribution in [0.1, 0.15) is 99.8 Å². The van der Waals surface area contributed by atoms with Crippen LogP contribution in [0.15, 0.2) is 54.6 Å². The highest BCUT2D eigenvalue weighted by Gasteiger charge is 2.25. The molecule has 37 heavy (non-hydrogen) atoms. The molecule has 0 aromatic heterocycles. The monoisotopic (exact) mass is 506 g/mol. The third kappa shape index (κ3) is 7.06. The number of aryl methyl sites for hydroxylation is 3. The van der Waals surface area contributed by atoms with Gasteiger partial charge in [-0.3, -0.25) is 0 Å². The van der Waals surface area contributed by atoms with Gasteiger partial charge in [-0.1, -0.05) is 81.6 Å². The molecule has 198 valence electrons. The predicted molar refractivity (Wildman–Crippen MR) is 148 cm³/mol. The van der Waals surface area contributed by atoms with Gasteiger partial charge in [-0.15, -0.1) is 0 Å². The van der Waals surface area contributed by atoms with Gasteiger partial charge in [0.05, 0.1) is 0 Å². The van der Waals surface area contributed by atoms with E-state index < -0.39 is 11.6 Å². The van der Waals surface area contributed by atoms with E-state index in [1.165, 1.54) is 18.4 Å². The lowest BCUT2D eigenvalue weighted by Gasteiger charge is -2.29. The van der Waals surface area contributed by atoms with Crippen LogP contribution in [0, 0.1) is 23.4 Å². The molecule has 0 unspecified atom stereocenters. The summed E-state index contributed by atoms with van der Waals surface area (Å²) >= 11 is 0. The Kier molecular flexibility index (Phi) is 9.88. The second kappa shape index (κ2) is 13.3. The van der Waals surface area contributed by atoms with Crippen molar-refractivity contribution in [1.82, 2.24) is 0 Å². The minimum absolute atomic E-state index is 0.0601. The van der Waals surface area contributed by atoms with E-state index in [4.69, 9.17) is 0 Å². The van der Waals surface area contributed by atoms with E-state index in [9.17, 15) is 13.2 Å². The Bertz CT molecular complexity index is 1140. The maximum absolute atomic E-state index is 14.9. The molecule has 1 aliphatic rings. The van der Waals surface area contributed by atoms with Crippen molar-refractivity contribution in [3.8, 4) is 11.1 Å². The first-order chi connectivity index (χ1) is 18.0. The van der Waals surface area contributed by atoms with Gasteiger partial charge < -0.3 is 0 Å². The van der Waals surface area contributed by atoms with E-state index in [0.29, 0.717) is 29.0 Å². The first-order valence-electron chi connectivity index (χ1n) is 14.3. The van der Waals surface area contributed by atoms with E-state index in [0.717, 1.165) is 68.9 Å². The number of rotatable bonds is 11. The van der Waals surface area contributed by atoms with Gasteiger partial charge in [0.25, 0.3) is 0 Å². The zero-order chi connectivity index (χ0) is 26.2. The van der Waals surface area contributed by atoms with Crippen LogP contribution in [0.5, 0.6) is 0 Å². The number of halogens is 3. The fourth-order valence-electron chi connectivity index (χ4n) is 5.90. The average molecular weight is 507 g/mol. The molecule has 0 aliphatic heterocycles. The van der Waals surface area contributed by atoms with Crippen molar-refractivity contribution in [2.24, 2.45) is 5.92 Å². The predicted octanol–water partition coefficient (Wildman–Crippen LogP) is 10.4. The van der Waals surface area contributed by atoms with Gasteiger partial charge in [0.2, 0.25) is 0 Å². The van der Waals surface area contributed by atoms with Crippen molar-refractivity contribution >= 4 is 0 Å². The van der Waals surface area contributed by atoms with Gasteiger partial charge in [0, 0.05) is 5.56 Å². The second-order valence-corrected chi connectivity index (χ2v) is 10.9. The molecule has 3 aromatic rings. The first kappa shape index (κ1) is 27.5. The minimum atomic E-state index is -0.752. The number of unbranched alkanes of at least 4 members (excludes halogenated alkanes) is 2. The Morgan fingerprint density at radius 2 is 1.41 bits per heavy atom. The zero-order valence-corrected chi connectivity index (χ0v) is 22.5. The van der Waals surface area contributed by atoms with Crippen LogP contribution in [0.4, 0.5) is 13.2 Å². The third-order valence-electron chi connectivity index (χ3n) is 8.21. The van der Waals surface area contributed by atoms with Crippen molar-refractivity contribution in [3.05, 3.63) is 94.3 Å².